The molecule has 0 aliphatic heterocycles. The zero-order valence-electron chi connectivity index (χ0n) is 11.5. The number of aromatic nitrogens is 1. The molecule has 0 aliphatic carbocycles. The first-order valence-electron chi connectivity index (χ1n) is 6.46. The molecule has 1 aromatic heterocycles. The zero-order valence-corrected chi connectivity index (χ0v) is 11.5. The molecule has 0 fully saturated rings. The predicted molar refractivity (Wildman–Crippen MR) is 72.9 cm³/mol. The molecule has 0 aliphatic rings. The van der Waals surface area contributed by atoms with Crippen molar-refractivity contribution in [3.8, 4) is 0 Å². The van der Waals surface area contributed by atoms with Crippen molar-refractivity contribution < 1.29 is 0 Å². The Bertz CT molecular complexity index is 288. The highest BCUT2D eigenvalue weighted by molar-refractivity contribution is 5.07. The second-order valence-electron chi connectivity index (χ2n) is 4.96. The molecule has 1 rings (SSSR count). The molecular weight excluding hydrogens is 210 g/mol. The molecule has 0 saturated carbocycles. The molecule has 0 bridgehead atoms. The maximum atomic E-state index is 4.10. The minimum absolute atomic E-state index is 0.607. The molecule has 1 N–H and O–H groups in total. The first-order valence-corrected chi connectivity index (χ1v) is 6.46. The van der Waals surface area contributed by atoms with Gasteiger partial charge in [0, 0.05) is 44.1 Å². The quantitative estimate of drug-likeness (QED) is 0.735. The van der Waals surface area contributed by atoms with Crippen LogP contribution in [0.15, 0.2) is 24.5 Å². The van der Waals surface area contributed by atoms with Gasteiger partial charge in [-0.05, 0) is 39.3 Å². The maximum absolute atomic E-state index is 4.10. The van der Waals surface area contributed by atoms with Crippen LogP contribution in [-0.4, -0.2) is 35.1 Å². The minimum atomic E-state index is 0.607. The smallest absolute Gasteiger partial charge is 0.0312 e. The molecule has 1 heterocycles. The molecule has 3 nitrogen and oxygen atoms in total. The predicted octanol–water partition coefficient (Wildman–Crippen LogP) is 2.29. The molecule has 0 amide bonds. The van der Waals surface area contributed by atoms with Crippen molar-refractivity contribution in [2.75, 3.05) is 13.1 Å². The Morgan fingerprint density at radius 3 is 2.47 bits per heavy atom. The number of hydrogen-bond acceptors (Lipinski definition) is 3. The number of nitrogens with zero attached hydrogens (tertiary/aromatic N) is 2. The highest BCUT2D eigenvalue weighted by Gasteiger charge is 2.11. The van der Waals surface area contributed by atoms with Gasteiger partial charge in [0.25, 0.3) is 0 Å². The Labute approximate surface area is 105 Å². The van der Waals surface area contributed by atoms with Crippen molar-refractivity contribution in [2.45, 2.75) is 46.3 Å². The SMILES string of the molecule is CC(C)N(CCNCc1cccnc1)C(C)C. The number of pyridine rings is 1. The Morgan fingerprint density at radius 2 is 1.94 bits per heavy atom. The molecular formula is C14H25N3. The second-order valence-corrected chi connectivity index (χ2v) is 4.96. The summed E-state index contributed by atoms with van der Waals surface area (Å²) >= 11 is 0. The lowest BCUT2D eigenvalue weighted by Crippen LogP contribution is -2.41. The normalized spacial score (nSPS) is 11.7. The third kappa shape index (κ3) is 5.29. The first kappa shape index (κ1) is 14.1. The Hall–Kier alpha value is -0.930. The van der Waals surface area contributed by atoms with E-state index in [1.807, 2.05) is 18.5 Å². The van der Waals surface area contributed by atoms with E-state index in [4.69, 9.17) is 0 Å². The van der Waals surface area contributed by atoms with Crippen LogP contribution in [0.1, 0.15) is 33.3 Å². The third-order valence-corrected chi connectivity index (χ3v) is 2.93. The van der Waals surface area contributed by atoms with Crippen molar-refractivity contribution in [3.05, 3.63) is 30.1 Å². The summed E-state index contributed by atoms with van der Waals surface area (Å²) in [5.41, 5.74) is 1.24. The van der Waals surface area contributed by atoms with Crippen molar-refractivity contribution in [3.63, 3.8) is 0 Å². The summed E-state index contributed by atoms with van der Waals surface area (Å²) in [5.74, 6) is 0. The van der Waals surface area contributed by atoms with Gasteiger partial charge in [0.2, 0.25) is 0 Å². The van der Waals surface area contributed by atoms with E-state index in [9.17, 15) is 0 Å². The van der Waals surface area contributed by atoms with Crippen LogP contribution in [0.5, 0.6) is 0 Å². The summed E-state index contributed by atoms with van der Waals surface area (Å²) in [7, 11) is 0. The molecule has 1 aromatic rings. The summed E-state index contributed by atoms with van der Waals surface area (Å²) in [4.78, 5) is 6.60. The van der Waals surface area contributed by atoms with Gasteiger partial charge in [0.05, 0.1) is 0 Å². The van der Waals surface area contributed by atoms with Gasteiger partial charge in [0.1, 0.15) is 0 Å². The van der Waals surface area contributed by atoms with Crippen LogP contribution in [0.2, 0.25) is 0 Å². The van der Waals surface area contributed by atoms with E-state index in [0.29, 0.717) is 12.1 Å². The molecule has 0 atom stereocenters. The number of rotatable bonds is 7. The lowest BCUT2D eigenvalue weighted by Gasteiger charge is -2.30. The molecule has 0 spiro atoms. The molecule has 96 valence electrons. The van der Waals surface area contributed by atoms with Crippen LogP contribution in [0.4, 0.5) is 0 Å². The fourth-order valence-corrected chi connectivity index (χ4v) is 2.06. The highest BCUT2D eigenvalue weighted by atomic mass is 15.2. The fourth-order valence-electron chi connectivity index (χ4n) is 2.06. The Kier molecular flexibility index (Phi) is 6.16. The van der Waals surface area contributed by atoms with Gasteiger partial charge in [-0.2, -0.15) is 0 Å². The van der Waals surface area contributed by atoms with Gasteiger partial charge in [-0.1, -0.05) is 6.07 Å². The fraction of sp³-hybridized carbons (Fsp3) is 0.643. The maximum Gasteiger partial charge on any atom is 0.0312 e. The van der Waals surface area contributed by atoms with Crippen LogP contribution < -0.4 is 5.32 Å². The van der Waals surface area contributed by atoms with Crippen molar-refractivity contribution >= 4 is 0 Å². The molecule has 3 heteroatoms. The van der Waals surface area contributed by atoms with Crippen LogP contribution in [0.25, 0.3) is 0 Å². The van der Waals surface area contributed by atoms with E-state index in [0.717, 1.165) is 19.6 Å². The van der Waals surface area contributed by atoms with Crippen molar-refractivity contribution in [2.24, 2.45) is 0 Å². The third-order valence-electron chi connectivity index (χ3n) is 2.93. The zero-order chi connectivity index (χ0) is 12.7. The van der Waals surface area contributed by atoms with Crippen LogP contribution in [0.3, 0.4) is 0 Å². The van der Waals surface area contributed by atoms with Gasteiger partial charge < -0.3 is 5.32 Å². The Balaban J connectivity index is 2.23. The molecule has 0 radical (unpaired) electrons. The van der Waals surface area contributed by atoms with Crippen LogP contribution >= 0.6 is 0 Å². The van der Waals surface area contributed by atoms with Gasteiger partial charge in [-0.25, -0.2) is 0 Å². The molecule has 0 unspecified atom stereocenters. The average Bonchev–Trinajstić information content (AvgIpc) is 2.29. The lowest BCUT2D eigenvalue weighted by atomic mass is 10.2. The van der Waals surface area contributed by atoms with E-state index in [1.54, 1.807) is 0 Å². The van der Waals surface area contributed by atoms with E-state index in [2.05, 4.69) is 49.0 Å². The van der Waals surface area contributed by atoms with E-state index >= 15 is 0 Å². The van der Waals surface area contributed by atoms with Crippen LogP contribution in [0, 0.1) is 0 Å². The lowest BCUT2D eigenvalue weighted by molar-refractivity contribution is 0.176. The monoisotopic (exact) mass is 235 g/mol. The highest BCUT2D eigenvalue weighted by Crippen LogP contribution is 2.03. The molecule has 17 heavy (non-hydrogen) atoms. The summed E-state index contributed by atoms with van der Waals surface area (Å²) in [6.07, 6.45) is 3.72. The van der Waals surface area contributed by atoms with Crippen molar-refractivity contribution in [1.29, 1.82) is 0 Å². The topological polar surface area (TPSA) is 28.2 Å². The molecule has 0 saturated heterocycles. The van der Waals surface area contributed by atoms with Gasteiger partial charge in [-0.3, -0.25) is 9.88 Å². The van der Waals surface area contributed by atoms with E-state index in [-0.39, 0.29) is 0 Å². The van der Waals surface area contributed by atoms with Crippen molar-refractivity contribution in [1.82, 2.24) is 15.2 Å². The minimum Gasteiger partial charge on any atom is -0.311 e. The average molecular weight is 235 g/mol. The van der Waals surface area contributed by atoms with Crippen LogP contribution in [-0.2, 0) is 6.54 Å². The largest absolute Gasteiger partial charge is 0.311 e. The number of hydrogen-bond donors (Lipinski definition) is 1. The summed E-state index contributed by atoms with van der Waals surface area (Å²) in [6.45, 7) is 12.0. The van der Waals surface area contributed by atoms with Gasteiger partial charge in [-0.15, -0.1) is 0 Å². The van der Waals surface area contributed by atoms with Gasteiger partial charge in [0.15, 0.2) is 0 Å². The molecule has 0 aromatic carbocycles. The summed E-state index contributed by atoms with van der Waals surface area (Å²) in [6, 6.07) is 5.29. The number of nitrogens with one attached hydrogen (secondary N) is 1. The van der Waals surface area contributed by atoms with E-state index in [1.165, 1.54) is 5.56 Å². The summed E-state index contributed by atoms with van der Waals surface area (Å²) < 4.78 is 0. The van der Waals surface area contributed by atoms with E-state index < -0.39 is 0 Å². The Morgan fingerprint density at radius 1 is 1.24 bits per heavy atom. The summed E-state index contributed by atoms with van der Waals surface area (Å²) in [5, 5.41) is 3.46. The standard InChI is InChI=1S/C14H25N3/c1-12(2)17(13(3)4)9-8-16-11-14-6-5-7-15-10-14/h5-7,10,12-13,16H,8-9,11H2,1-4H3. The van der Waals surface area contributed by atoms with Gasteiger partial charge >= 0.3 is 0 Å². The first-order chi connectivity index (χ1) is 8.11. The second kappa shape index (κ2) is 7.41.